The number of aromatic amines is 1. The maximum Gasteiger partial charge on any atom is 0.267 e. The monoisotopic (exact) mass is 437 g/mol. The second-order valence-electron chi connectivity index (χ2n) is 8.19. The van der Waals surface area contributed by atoms with E-state index >= 15 is 0 Å². The van der Waals surface area contributed by atoms with Crippen LogP contribution in [0.5, 0.6) is 0 Å². The highest BCUT2D eigenvalue weighted by Crippen LogP contribution is 2.36. The van der Waals surface area contributed by atoms with Crippen LogP contribution in [-0.4, -0.2) is 45.8 Å². The van der Waals surface area contributed by atoms with Gasteiger partial charge in [-0.15, -0.1) is 0 Å². The number of nitrogens with zero attached hydrogens (tertiary/aromatic N) is 1. The number of halogens is 1. The first-order chi connectivity index (χ1) is 15.6. The Morgan fingerprint density at radius 3 is 2.94 bits per heavy atom. The Hall–Kier alpha value is -3.00. The SMILES string of the molecule is O=C(C=Cc1ccc2c(c1)CCC2N(CCO)CCCc1c[nH]c2ccc(F)cc12)NO. The number of H-pyrrole nitrogens is 1. The molecule has 1 aliphatic carbocycles. The van der Waals surface area contributed by atoms with Crippen molar-refractivity contribution >= 4 is 22.9 Å². The van der Waals surface area contributed by atoms with Crippen molar-refractivity contribution in [3.8, 4) is 0 Å². The van der Waals surface area contributed by atoms with Gasteiger partial charge in [0.05, 0.1) is 6.61 Å². The molecule has 0 spiro atoms. The first-order valence-corrected chi connectivity index (χ1v) is 10.9. The molecule has 0 saturated heterocycles. The maximum atomic E-state index is 13.6. The zero-order valence-corrected chi connectivity index (χ0v) is 17.9. The molecule has 2 aromatic carbocycles. The van der Waals surface area contributed by atoms with Crippen LogP contribution in [-0.2, 0) is 17.6 Å². The van der Waals surface area contributed by atoms with Crippen molar-refractivity contribution in [2.24, 2.45) is 0 Å². The number of hydrogen-bond donors (Lipinski definition) is 4. The van der Waals surface area contributed by atoms with Gasteiger partial charge in [-0.25, -0.2) is 9.87 Å². The fourth-order valence-corrected chi connectivity index (χ4v) is 4.69. The summed E-state index contributed by atoms with van der Waals surface area (Å²) in [7, 11) is 0. The summed E-state index contributed by atoms with van der Waals surface area (Å²) in [5, 5.41) is 19.2. The van der Waals surface area contributed by atoms with Crippen molar-refractivity contribution in [3.63, 3.8) is 0 Å². The van der Waals surface area contributed by atoms with Gasteiger partial charge in [-0.3, -0.25) is 14.9 Å². The van der Waals surface area contributed by atoms with Crippen molar-refractivity contribution in [1.29, 1.82) is 0 Å². The largest absolute Gasteiger partial charge is 0.395 e. The van der Waals surface area contributed by atoms with Gasteiger partial charge in [0.2, 0.25) is 0 Å². The van der Waals surface area contributed by atoms with Crippen LogP contribution in [0.25, 0.3) is 17.0 Å². The third-order valence-electron chi connectivity index (χ3n) is 6.20. The number of carbonyl (C=O) groups excluding carboxylic acids is 1. The van der Waals surface area contributed by atoms with Crippen LogP contribution < -0.4 is 5.48 Å². The molecule has 6 nitrogen and oxygen atoms in total. The van der Waals surface area contributed by atoms with E-state index in [0.717, 1.165) is 54.3 Å². The second-order valence-corrected chi connectivity index (χ2v) is 8.19. The topological polar surface area (TPSA) is 88.6 Å². The van der Waals surface area contributed by atoms with Gasteiger partial charge < -0.3 is 10.1 Å². The van der Waals surface area contributed by atoms with Crippen LogP contribution in [0.2, 0.25) is 0 Å². The number of aromatic nitrogens is 1. The number of aliphatic hydroxyl groups excluding tert-OH is 1. The van der Waals surface area contributed by atoms with Gasteiger partial charge in [0.25, 0.3) is 5.91 Å². The summed E-state index contributed by atoms with van der Waals surface area (Å²) in [6.07, 6.45) is 8.60. The normalized spacial score (nSPS) is 15.7. The Balaban J connectivity index is 1.43. The van der Waals surface area contributed by atoms with Crippen LogP contribution in [0.3, 0.4) is 0 Å². The summed E-state index contributed by atoms with van der Waals surface area (Å²) in [4.78, 5) is 16.7. The third kappa shape index (κ3) is 4.91. The van der Waals surface area contributed by atoms with Crippen LogP contribution in [0.4, 0.5) is 4.39 Å². The minimum absolute atomic E-state index is 0.0984. The molecule has 7 heteroatoms. The van der Waals surface area contributed by atoms with Gasteiger partial charge in [0.1, 0.15) is 5.82 Å². The first kappa shape index (κ1) is 22.2. The van der Waals surface area contributed by atoms with Crippen molar-refractivity contribution < 1.29 is 19.5 Å². The number of fused-ring (bicyclic) bond motifs is 2. The molecule has 32 heavy (non-hydrogen) atoms. The number of aryl methyl sites for hydroxylation is 2. The molecular formula is C25H28FN3O3. The lowest BCUT2D eigenvalue weighted by molar-refractivity contribution is -0.124. The molecule has 1 aromatic heterocycles. The average molecular weight is 438 g/mol. The van der Waals surface area contributed by atoms with E-state index in [-0.39, 0.29) is 18.5 Å². The molecule has 168 valence electrons. The van der Waals surface area contributed by atoms with E-state index in [2.05, 4.69) is 22.0 Å². The predicted molar refractivity (Wildman–Crippen MR) is 122 cm³/mol. The van der Waals surface area contributed by atoms with E-state index in [4.69, 9.17) is 5.21 Å². The van der Waals surface area contributed by atoms with Gasteiger partial charge in [-0.05, 0) is 78.8 Å². The quantitative estimate of drug-likeness (QED) is 0.233. The van der Waals surface area contributed by atoms with Gasteiger partial charge in [-0.2, -0.15) is 0 Å². The number of benzene rings is 2. The summed E-state index contributed by atoms with van der Waals surface area (Å²) < 4.78 is 13.6. The van der Waals surface area contributed by atoms with E-state index in [0.29, 0.717) is 6.54 Å². The highest BCUT2D eigenvalue weighted by Gasteiger charge is 2.27. The number of rotatable bonds is 9. The van der Waals surface area contributed by atoms with Crippen LogP contribution >= 0.6 is 0 Å². The highest BCUT2D eigenvalue weighted by atomic mass is 19.1. The molecule has 1 aliphatic rings. The van der Waals surface area contributed by atoms with Gasteiger partial charge >= 0.3 is 0 Å². The molecule has 1 amide bonds. The van der Waals surface area contributed by atoms with Gasteiger partial charge in [0.15, 0.2) is 0 Å². The standard InChI is InChI=1S/C25H28FN3O3/c26-20-6-8-23-22(15-20)19(16-27-23)2-1-11-29(12-13-30)24-9-5-18-14-17(3-7-21(18)24)4-10-25(31)28-32/h3-4,6-8,10,14-16,24,27,30,32H,1-2,5,9,11-13H2,(H,28,31). The Bertz CT molecular complexity index is 1120. The van der Waals surface area contributed by atoms with E-state index in [1.54, 1.807) is 23.7 Å². The molecule has 1 atom stereocenters. The van der Waals surface area contributed by atoms with Crippen molar-refractivity contribution in [1.82, 2.24) is 15.4 Å². The molecule has 1 heterocycles. The Kier molecular flexibility index (Phi) is 6.99. The Labute approximate surface area is 186 Å². The van der Waals surface area contributed by atoms with E-state index < -0.39 is 5.91 Å². The summed E-state index contributed by atoms with van der Waals surface area (Å²) in [6, 6.07) is 11.2. The number of amides is 1. The first-order valence-electron chi connectivity index (χ1n) is 10.9. The molecule has 0 bridgehead atoms. The van der Waals surface area contributed by atoms with Crippen molar-refractivity contribution in [3.05, 3.63) is 76.7 Å². The number of hydroxylamine groups is 1. The second kappa shape index (κ2) is 10.1. The summed E-state index contributed by atoms with van der Waals surface area (Å²) in [5.41, 5.74) is 7.06. The lowest BCUT2D eigenvalue weighted by atomic mass is 10.0. The third-order valence-corrected chi connectivity index (χ3v) is 6.20. The highest BCUT2D eigenvalue weighted by molar-refractivity contribution is 5.90. The average Bonchev–Trinajstić information content (AvgIpc) is 3.40. The van der Waals surface area contributed by atoms with E-state index in [1.807, 2.05) is 12.3 Å². The molecule has 4 rings (SSSR count). The number of nitrogens with one attached hydrogen (secondary N) is 2. The van der Waals surface area contributed by atoms with Crippen LogP contribution in [0.15, 0.2) is 48.7 Å². The molecule has 4 N–H and O–H groups in total. The van der Waals surface area contributed by atoms with Gasteiger partial charge in [0, 0.05) is 35.8 Å². The zero-order chi connectivity index (χ0) is 22.5. The molecule has 0 fully saturated rings. The number of hydrogen-bond acceptors (Lipinski definition) is 4. The minimum Gasteiger partial charge on any atom is -0.395 e. The van der Waals surface area contributed by atoms with Crippen molar-refractivity contribution in [2.75, 3.05) is 19.7 Å². The van der Waals surface area contributed by atoms with E-state index in [1.165, 1.54) is 23.3 Å². The lowest BCUT2D eigenvalue weighted by Crippen LogP contribution is -2.31. The van der Waals surface area contributed by atoms with Crippen molar-refractivity contribution in [2.45, 2.75) is 31.7 Å². The molecule has 0 radical (unpaired) electrons. The smallest absolute Gasteiger partial charge is 0.267 e. The molecular weight excluding hydrogens is 409 g/mol. The predicted octanol–water partition coefficient (Wildman–Crippen LogP) is 3.74. The number of carbonyl (C=O) groups is 1. The zero-order valence-electron chi connectivity index (χ0n) is 17.9. The molecule has 1 unspecified atom stereocenters. The molecule has 3 aromatic rings. The Morgan fingerprint density at radius 1 is 1.25 bits per heavy atom. The van der Waals surface area contributed by atoms with Crippen LogP contribution in [0.1, 0.15) is 41.1 Å². The van der Waals surface area contributed by atoms with E-state index in [9.17, 15) is 14.3 Å². The number of aliphatic hydroxyl groups is 1. The maximum absolute atomic E-state index is 13.6. The summed E-state index contributed by atoms with van der Waals surface area (Å²) >= 11 is 0. The summed E-state index contributed by atoms with van der Waals surface area (Å²) in [6.45, 7) is 1.54. The fourth-order valence-electron chi connectivity index (χ4n) is 4.69. The fraction of sp³-hybridized carbons (Fsp3) is 0.320. The minimum atomic E-state index is -0.560. The van der Waals surface area contributed by atoms with Gasteiger partial charge in [-0.1, -0.05) is 18.2 Å². The summed E-state index contributed by atoms with van der Waals surface area (Å²) in [5.74, 6) is -0.788. The molecule has 0 saturated carbocycles. The Morgan fingerprint density at radius 2 is 2.12 bits per heavy atom. The lowest BCUT2D eigenvalue weighted by Gasteiger charge is -2.29. The molecule has 0 aliphatic heterocycles. The van der Waals surface area contributed by atoms with Crippen LogP contribution in [0, 0.1) is 5.82 Å².